The van der Waals surface area contributed by atoms with Gasteiger partial charge in [0.05, 0.1) is 17.8 Å². The molecule has 1 heterocycles. The molecule has 13 unspecified atom stereocenters. The number of fused-ring (bicyclic) bond motifs is 8. The predicted molar refractivity (Wildman–Crippen MR) is 187 cm³/mol. The number of esters is 1. The molecule has 5 saturated carbocycles. The number of unbranched alkanes of at least 4 members (excludes halogenated alkanes) is 8. The van der Waals surface area contributed by atoms with Crippen molar-refractivity contribution in [2.75, 3.05) is 0 Å². The molecule has 6 aliphatic rings. The lowest BCUT2D eigenvalue weighted by atomic mass is 9.31. The van der Waals surface area contributed by atoms with Crippen LogP contribution in [-0.4, -0.2) is 35.0 Å². The van der Waals surface area contributed by atoms with Crippen LogP contribution in [-0.2, 0) is 14.3 Å². The highest BCUT2D eigenvalue weighted by atomic mass is 16.6. The number of rotatable bonds is 11. The Hall–Kier alpha value is -0.610. The molecule has 13 atom stereocenters. The van der Waals surface area contributed by atoms with Crippen LogP contribution in [0.4, 0.5) is 0 Å². The summed E-state index contributed by atoms with van der Waals surface area (Å²) in [5.41, 5.74) is 0.536. The van der Waals surface area contributed by atoms with Gasteiger partial charge in [0.2, 0.25) is 0 Å². The van der Waals surface area contributed by atoms with E-state index >= 15 is 0 Å². The quantitative estimate of drug-likeness (QED) is 0.139. The Morgan fingerprint density at radius 2 is 1.41 bits per heavy atom. The third kappa shape index (κ3) is 5.29. The molecule has 6 rings (SSSR count). The molecule has 5 aliphatic carbocycles. The fourth-order valence-electron chi connectivity index (χ4n) is 14.1. The lowest BCUT2D eigenvalue weighted by Crippen LogP contribution is -2.70. The van der Waals surface area contributed by atoms with E-state index in [1.807, 2.05) is 0 Å². The first-order valence-electron chi connectivity index (χ1n) is 20.1. The molecule has 1 N–H and O–H groups in total. The van der Waals surface area contributed by atoms with E-state index in [9.17, 15) is 9.90 Å². The van der Waals surface area contributed by atoms with Crippen LogP contribution in [0.5, 0.6) is 0 Å². The average molecular weight is 641 g/mol. The van der Waals surface area contributed by atoms with Crippen LogP contribution in [0.15, 0.2) is 0 Å². The van der Waals surface area contributed by atoms with Crippen molar-refractivity contribution in [2.24, 2.45) is 56.7 Å². The number of aliphatic hydroxyl groups excluding tert-OH is 1. The van der Waals surface area contributed by atoms with Gasteiger partial charge in [-0.1, -0.05) is 107 Å². The molecule has 0 spiro atoms. The third-order valence-electron chi connectivity index (χ3n) is 17.3. The molecule has 0 aromatic heterocycles. The van der Waals surface area contributed by atoms with E-state index in [1.54, 1.807) is 0 Å². The van der Waals surface area contributed by atoms with Crippen molar-refractivity contribution < 1.29 is 19.4 Å². The van der Waals surface area contributed by atoms with Crippen molar-refractivity contribution in [1.82, 2.24) is 0 Å². The van der Waals surface area contributed by atoms with Gasteiger partial charge in [-0.3, -0.25) is 4.79 Å². The van der Waals surface area contributed by atoms with Crippen LogP contribution in [0.1, 0.15) is 178 Å². The summed E-state index contributed by atoms with van der Waals surface area (Å²) in [7, 11) is 0. The fraction of sp³-hybridized carbons (Fsp3) is 0.976. The molecule has 46 heavy (non-hydrogen) atoms. The van der Waals surface area contributed by atoms with Gasteiger partial charge in [-0.25, -0.2) is 0 Å². The highest BCUT2D eigenvalue weighted by Gasteiger charge is 2.75. The van der Waals surface area contributed by atoms with E-state index < -0.39 is 0 Å². The van der Waals surface area contributed by atoms with Gasteiger partial charge >= 0.3 is 5.97 Å². The Morgan fingerprint density at radius 3 is 2.09 bits per heavy atom. The van der Waals surface area contributed by atoms with Crippen molar-refractivity contribution in [3.05, 3.63) is 0 Å². The monoisotopic (exact) mass is 641 g/mol. The van der Waals surface area contributed by atoms with Gasteiger partial charge in [-0.2, -0.15) is 0 Å². The van der Waals surface area contributed by atoms with E-state index in [0.717, 1.165) is 38.5 Å². The lowest BCUT2D eigenvalue weighted by molar-refractivity contribution is -0.273. The average Bonchev–Trinajstić information content (AvgIpc) is 3.65. The number of carbonyl (C=O) groups excluding carboxylic acids is 1. The Labute approximate surface area is 283 Å². The van der Waals surface area contributed by atoms with Gasteiger partial charge < -0.3 is 14.6 Å². The van der Waals surface area contributed by atoms with Gasteiger partial charge in [-0.05, 0) is 116 Å². The van der Waals surface area contributed by atoms with Gasteiger partial charge in [0.1, 0.15) is 6.10 Å². The summed E-state index contributed by atoms with van der Waals surface area (Å²) in [6.45, 7) is 22.2. The molecule has 0 aromatic carbocycles. The van der Waals surface area contributed by atoms with Crippen LogP contribution >= 0.6 is 0 Å². The van der Waals surface area contributed by atoms with Crippen LogP contribution in [0, 0.1) is 56.7 Å². The summed E-state index contributed by atoms with van der Waals surface area (Å²) in [6.07, 6.45) is 21.3. The van der Waals surface area contributed by atoms with E-state index in [-0.39, 0.29) is 50.9 Å². The minimum absolute atomic E-state index is 0.0112. The second-order valence-electron chi connectivity index (χ2n) is 19.6. The van der Waals surface area contributed by atoms with Crippen LogP contribution in [0.25, 0.3) is 0 Å². The molecule has 6 fully saturated rings. The molecule has 0 radical (unpaired) electrons. The summed E-state index contributed by atoms with van der Waals surface area (Å²) in [6, 6.07) is 0. The largest absolute Gasteiger partial charge is 0.462 e. The summed E-state index contributed by atoms with van der Waals surface area (Å²) in [5, 5.41) is 12.0. The maximum absolute atomic E-state index is 13.1. The molecule has 4 heteroatoms. The molecule has 1 aliphatic heterocycles. The Bertz CT molecular complexity index is 1120. The van der Waals surface area contributed by atoms with Crippen LogP contribution < -0.4 is 0 Å². The Balaban J connectivity index is 1.11. The minimum atomic E-state index is -0.256. The van der Waals surface area contributed by atoms with Gasteiger partial charge in [0, 0.05) is 11.8 Å². The predicted octanol–water partition coefficient (Wildman–Crippen LogP) is 10.7. The fourth-order valence-corrected chi connectivity index (χ4v) is 14.1. The van der Waals surface area contributed by atoms with Crippen LogP contribution in [0.2, 0.25) is 0 Å². The molecule has 1 saturated heterocycles. The summed E-state index contributed by atoms with van der Waals surface area (Å²) < 4.78 is 12.8. The Kier molecular flexibility index (Phi) is 9.43. The molecular formula is C42H72O4. The SMILES string of the molecule is CCCCCCCCCCCC(=O)OC1CCC2(C)C(CCC3(C)C2CCC2C4C(C)C5(C)OC5CC4(C)C(O)CC23C)C1(C)C. The van der Waals surface area contributed by atoms with E-state index in [0.29, 0.717) is 42.1 Å². The maximum Gasteiger partial charge on any atom is 0.306 e. The van der Waals surface area contributed by atoms with Gasteiger partial charge in [-0.15, -0.1) is 0 Å². The molecular weight excluding hydrogens is 568 g/mol. The summed E-state index contributed by atoms with van der Waals surface area (Å²) in [5.74, 6) is 2.89. The number of epoxide rings is 1. The first-order chi connectivity index (χ1) is 21.6. The maximum atomic E-state index is 13.1. The van der Waals surface area contributed by atoms with Crippen molar-refractivity contribution in [3.63, 3.8) is 0 Å². The zero-order valence-electron chi connectivity index (χ0n) is 31.5. The Morgan fingerprint density at radius 1 is 0.761 bits per heavy atom. The number of hydrogen-bond acceptors (Lipinski definition) is 4. The van der Waals surface area contributed by atoms with Gasteiger partial charge in [0.25, 0.3) is 0 Å². The van der Waals surface area contributed by atoms with Crippen molar-refractivity contribution >= 4 is 5.97 Å². The van der Waals surface area contributed by atoms with Crippen molar-refractivity contribution in [2.45, 2.75) is 202 Å². The van der Waals surface area contributed by atoms with Gasteiger partial charge in [0.15, 0.2) is 0 Å². The van der Waals surface area contributed by atoms with Crippen molar-refractivity contribution in [3.8, 4) is 0 Å². The molecule has 0 bridgehead atoms. The second-order valence-corrected chi connectivity index (χ2v) is 19.6. The summed E-state index contributed by atoms with van der Waals surface area (Å²) in [4.78, 5) is 13.1. The highest BCUT2D eigenvalue weighted by Crippen LogP contribution is 2.78. The topological polar surface area (TPSA) is 59.1 Å². The van der Waals surface area contributed by atoms with E-state index in [4.69, 9.17) is 9.47 Å². The van der Waals surface area contributed by atoms with E-state index in [2.05, 4.69) is 62.3 Å². The van der Waals surface area contributed by atoms with Crippen LogP contribution in [0.3, 0.4) is 0 Å². The zero-order chi connectivity index (χ0) is 33.3. The third-order valence-corrected chi connectivity index (χ3v) is 17.3. The number of ether oxygens (including phenoxy) is 2. The standard InChI is InChI=1S/C42H72O4/c1-10-11-12-13-14-15-16-17-18-19-35(44)45-33-23-24-38(5)30(37(33,3)4)22-25-40(7)31(38)21-20-29-36-28(2)42(9)34(46-42)27-39(36,6)32(43)26-41(29,40)8/h28-34,36,43H,10-27H2,1-9H3. The number of hydrogen-bond donors (Lipinski definition) is 1. The zero-order valence-corrected chi connectivity index (χ0v) is 31.5. The summed E-state index contributed by atoms with van der Waals surface area (Å²) >= 11 is 0. The number of aliphatic hydroxyl groups is 1. The second kappa shape index (κ2) is 12.3. The first-order valence-corrected chi connectivity index (χ1v) is 20.1. The molecule has 264 valence electrons. The number of carbonyl (C=O) groups is 1. The molecule has 4 nitrogen and oxygen atoms in total. The smallest absolute Gasteiger partial charge is 0.306 e. The van der Waals surface area contributed by atoms with Crippen molar-refractivity contribution in [1.29, 1.82) is 0 Å². The highest BCUT2D eigenvalue weighted by molar-refractivity contribution is 5.69. The molecule has 0 amide bonds. The van der Waals surface area contributed by atoms with E-state index in [1.165, 1.54) is 70.6 Å². The normalized spacial score (nSPS) is 50.3. The molecule has 0 aromatic rings. The minimum Gasteiger partial charge on any atom is -0.462 e. The lowest BCUT2D eigenvalue weighted by Gasteiger charge is -2.74. The first kappa shape index (κ1) is 35.2.